The van der Waals surface area contributed by atoms with Gasteiger partial charge in [0.15, 0.2) is 6.61 Å². The molecule has 3 amide bonds. The molecular formula is C25H25N3O7S. The number of imide groups is 1. The molecule has 0 radical (unpaired) electrons. The number of nitrogens with one attached hydrogen (secondary N) is 1. The van der Waals surface area contributed by atoms with E-state index in [-0.39, 0.29) is 18.1 Å². The number of hydrogen-bond donors (Lipinski definition) is 1. The van der Waals surface area contributed by atoms with E-state index in [4.69, 9.17) is 9.47 Å². The first-order valence-electron chi connectivity index (χ1n) is 11.2. The number of carbonyl (C=O) groups is 4. The number of rotatable bonds is 8. The Morgan fingerprint density at radius 2 is 1.75 bits per heavy atom. The minimum Gasteiger partial charge on any atom is -0.482 e. The first-order valence-corrected chi connectivity index (χ1v) is 12.0. The highest BCUT2D eigenvalue weighted by molar-refractivity contribution is 8.18. The molecule has 0 bridgehead atoms. The summed E-state index contributed by atoms with van der Waals surface area (Å²) in [5, 5.41) is 2.22. The molecule has 4 rings (SSSR count). The molecule has 0 aliphatic carbocycles. The summed E-state index contributed by atoms with van der Waals surface area (Å²) in [5.41, 5.74) is 2.28. The van der Waals surface area contributed by atoms with E-state index in [1.165, 1.54) is 7.11 Å². The van der Waals surface area contributed by atoms with Crippen LogP contribution in [-0.2, 0) is 23.9 Å². The number of esters is 1. The third-order valence-electron chi connectivity index (χ3n) is 5.46. The lowest BCUT2D eigenvalue weighted by Crippen LogP contribution is -2.36. The van der Waals surface area contributed by atoms with Gasteiger partial charge in [0.1, 0.15) is 12.3 Å². The number of nitrogens with zero attached hydrogens (tertiary/aromatic N) is 2. The van der Waals surface area contributed by atoms with Gasteiger partial charge < -0.3 is 24.4 Å². The Labute approximate surface area is 212 Å². The van der Waals surface area contributed by atoms with Gasteiger partial charge in [-0.15, -0.1) is 0 Å². The fraction of sp³-hybridized carbons (Fsp3) is 0.280. The predicted octanol–water partition coefficient (Wildman–Crippen LogP) is 2.75. The van der Waals surface area contributed by atoms with Gasteiger partial charge >= 0.3 is 5.97 Å². The van der Waals surface area contributed by atoms with Crippen molar-refractivity contribution in [3.8, 4) is 5.75 Å². The third-order valence-corrected chi connectivity index (χ3v) is 6.37. The SMILES string of the molecule is COC(=O)COc1ccc(/C=C2\SC(=O)N(CC(=O)Nc3ccc(N4CCOCC4)cc3)C2=O)cc1. The maximum Gasteiger partial charge on any atom is 0.343 e. The molecule has 2 aromatic rings. The quantitative estimate of drug-likeness (QED) is 0.422. The Balaban J connectivity index is 1.32. The summed E-state index contributed by atoms with van der Waals surface area (Å²) >= 11 is 0.774. The summed E-state index contributed by atoms with van der Waals surface area (Å²) < 4.78 is 15.2. The second kappa shape index (κ2) is 11.7. The van der Waals surface area contributed by atoms with Gasteiger partial charge in [-0.3, -0.25) is 19.3 Å². The van der Waals surface area contributed by atoms with Crippen LogP contribution < -0.4 is 15.0 Å². The highest BCUT2D eigenvalue weighted by Gasteiger charge is 2.36. The van der Waals surface area contributed by atoms with Crippen molar-refractivity contribution in [1.82, 2.24) is 4.90 Å². The minimum atomic E-state index is -0.533. The van der Waals surface area contributed by atoms with Gasteiger partial charge in [0.25, 0.3) is 11.1 Å². The Morgan fingerprint density at radius 3 is 2.42 bits per heavy atom. The lowest BCUT2D eigenvalue weighted by molar-refractivity contribution is -0.142. The van der Waals surface area contributed by atoms with Crippen molar-refractivity contribution in [1.29, 1.82) is 0 Å². The lowest BCUT2D eigenvalue weighted by atomic mass is 10.2. The van der Waals surface area contributed by atoms with Gasteiger partial charge in [-0.25, -0.2) is 4.79 Å². The smallest absolute Gasteiger partial charge is 0.343 e. The number of ether oxygens (including phenoxy) is 3. The standard InChI is InChI=1S/C25H25N3O7S/c1-33-23(30)16-35-20-8-2-17(3-9-20)14-21-24(31)28(25(32)36-21)15-22(29)26-18-4-6-19(7-5-18)27-10-12-34-13-11-27/h2-9,14H,10-13,15-16H2,1H3,(H,26,29)/b21-14-. The summed E-state index contributed by atoms with van der Waals surface area (Å²) in [5.74, 6) is -1.04. The Bertz CT molecular complexity index is 1160. The summed E-state index contributed by atoms with van der Waals surface area (Å²) in [6.45, 7) is 2.39. The average Bonchev–Trinajstić information content (AvgIpc) is 3.16. The Morgan fingerprint density at radius 1 is 1.06 bits per heavy atom. The van der Waals surface area contributed by atoms with Gasteiger partial charge in [-0.1, -0.05) is 12.1 Å². The monoisotopic (exact) mass is 511 g/mol. The molecule has 188 valence electrons. The zero-order chi connectivity index (χ0) is 25.5. The van der Waals surface area contributed by atoms with Crippen LogP contribution in [0.2, 0.25) is 0 Å². The van der Waals surface area contributed by atoms with Crippen LogP contribution in [0.15, 0.2) is 53.4 Å². The van der Waals surface area contributed by atoms with Gasteiger partial charge in [0.05, 0.1) is 25.2 Å². The van der Waals surface area contributed by atoms with E-state index in [1.807, 2.05) is 12.1 Å². The van der Waals surface area contributed by atoms with Crippen molar-refractivity contribution in [2.75, 3.05) is 56.8 Å². The van der Waals surface area contributed by atoms with Crippen LogP contribution in [0.5, 0.6) is 5.75 Å². The summed E-state index contributed by atoms with van der Waals surface area (Å²) in [6.07, 6.45) is 1.57. The van der Waals surface area contributed by atoms with Crippen molar-refractivity contribution >= 4 is 52.2 Å². The van der Waals surface area contributed by atoms with Crippen molar-refractivity contribution in [3.05, 3.63) is 59.0 Å². The second-order valence-electron chi connectivity index (χ2n) is 7.90. The first-order chi connectivity index (χ1) is 17.4. The van der Waals surface area contributed by atoms with Gasteiger partial charge in [-0.2, -0.15) is 0 Å². The highest BCUT2D eigenvalue weighted by atomic mass is 32.2. The average molecular weight is 512 g/mol. The number of methoxy groups -OCH3 is 1. The molecular weight excluding hydrogens is 486 g/mol. The van der Waals surface area contributed by atoms with Crippen molar-refractivity contribution in [2.45, 2.75) is 0 Å². The molecule has 2 fully saturated rings. The molecule has 0 aromatic heterocycles. The number of hydrogen-bond acceptors (Lipinski definition) is 9. The number of morpholine rings is 1. The van der Waals surface area contributed by atoms with E-state index in [9.17, 15) is 19.2 Å². The molecule has 2 heterocycles. The Hall–Kier alpha value is -3.83. The molecule has 11 heteroatoms. The van der Waals surface area contributed by atoms with E-state index in [2.05, 4.69) is 15.0 Å². The summed E-state index contributed by atoms with van der Waals surface area (Å²) in [7, 11) is 1.27. The molecule has 2 saturated heterocycles. The lowest BCUT2D eigenvalue weighted by Gasteiger charge is -2.28. The number of amides is 3. The molecule has 1 N–H and O–H groups in total. The van der Waals surface area contributed by atoms with Gasteiger partial charge in [-0.05, 0) is 59.8 Å². The van der Waals surface area contributed by atoms with E-state index < -0.39 is 23.0 Å². The van der Waals surface area contributed by atoms with Crippen molar-refractivity contribution in [3.63, 3.8) is 0 Å². The second-order valence-corrected chi connectivity index (χ2v) is 8.89. The number of anilines is 2. The fourth-order valence-electron chi connectivity index (χ4n) is 3.57. The molecule has 0 spiro atoms. The zero-order valence-corrected chi connectivity index (χ0v) is 20.4. The molecule has 0 unspecified atom stereocenters. The maximum atomic E-state index is 12.7. The van der Waals surface area contributed by atoms with Crippen LogP contribution >= 0.6 is 11.8 Å². The molecule has 2 aliphatic heterocycles. The normalized spacial score (nSPS) is 16.9. The van der Waals surface area contributed by atoms with Crippen molar-refractivity contribution in [2.24, 2.45) is 0 Å². The molecule has 10 nitrogen and oxygen atoms in total. The molecule has 2 aromatic carbocycles. The van der Waals surface area contributed by atoms with E-state index in [0.717, 1.165) is 35.4 Å². The van der Waals surface area contributed by atoms with E-state index in [1.54, 1.807) is 42.5 Å². The van der Waals surface area contributed by atoms with Crippen LogP contribution in [0.25, 0.3) is 6.08 Å². The van der Waals surface area contributed by atoms with Gasteiger partial charge in [0.2, 0.25) is 5.91 Å². The minimum absolute atomic E-state index is 0.213. The van der Waals surface area contributed by atoms with Crippen LogP contribution in [0.3, 0.4) is 0 Å². The van der Waals surface area contributed by atoms with Crippen LogP contribution in [-0.4, -0.2) is 74.5 Å². The highest BCUT2D eigenvalue weighted by Crippen LogP contribution is 2.32. The fourth-order valence-corrected chi connectivity index (χ4v) is 4.41. The molecule has 0 atom stereocenters. The van der Waals surface area contributed by atoms with Crippen LogP contribution in [0.1, 0.15) is 5.56 Å². The van der Waals surface area contributed by atoms with E-state index in [0.29, 0.717) is 30.2 Å². The summed E-state index contributed by atoms with van der Waals surface area (Å²) in [6, 6.07) is 14.0. The van der Waals surface area contributed by atoms with Crippen LogP contribution in [0, 0.1) is 0 Å². The largest absolute Gasteiger partial charge is 0.482 e. The third kappa shape index (κ3) is 6.43. The number of thioether (sulfide) groups is 1. The Kier molecular flexibility index (Phi) is 8.24. The van der Waals surface area contributed by atoms with Crippen molar-refractivity contribution < 1.29 is 33.4 Å². The molecule has 36 heavy (non-hydrogen) atoms. The number of benzene rings is 2. The summed E-state index contributed by atoms with van der Waals surface area (Å²) in [4.78, 5) is 52.2. The predicted molar refractivity (Wildman–Crippen MR) is 135 cm³/mol. The number of carbonyl (C=O) groups excluding carboxylic acids is 4. The van der Waals surface area contributed by atoms with Gasteiger partial charge in [0, 0.05) is 24.5 Å². The molecule has 2 aliphatic rings. The maximum absolute atomic E-state index is 12.7. The van der Waals surface area contributed by atoms with E-state index >= 15 is 0 Å². The first kappa shape index (κ1) is 25.3. The zero-order valence-electron chi connectivity index (χ0n) is 19.6. The van der Waals surface area contributed by atoms with Crippen LogP contribution in [0.4, 0.5) is 16.2 Å². The molecule has 0 saturated carbocycles. The topological polar surface area (TPSA) is 114 Å².